The van der Waals surface area contributed by atoms with Gasteiger partial charge in [0, 0.05) is 0 Å². The van der Waals surface area contributed by atoms with Crippen molar-refractivity contribution < 1.29 is 5.11 Å². The maximum absolute atomic E-state index is 8.89. The van der Waals surface area contributed by atoms with E-state index in [9.17, 15) is 0 Å². The van der Waals surface area contributed by atoms with Gasteiger partial charge in [0.05, 0.1) is 6.61 Å². The Kier molecular flexibility index (Phi) is 7.66. The summed E-state index contributed by atoms with van der Waals surface area (Å²) in [6, 6.07) is 0. The van der Waals surface area contributed by atoms with Crippen LogP contribution in [0.4, 0.5) is 0 Å². The molecule has 1 N–H and O–H groups in total. The lowest BCUT2D eigenvalue weighted by molar-refractivity contribution is 0.329. The topological polar surface area (TPSA) is 20.2 Å². The highest BCUT2D eigenvalue weighted by atomic mass is 127. The van der Waals surface area contributed by atoms with Crippen LogP contribution in [0.15, 0.2) is 21.3 Å². The third-order valence-electron chi connectivity index (χ3n) is 2.06. The third kappa shape index (κ3) is 6.27. The second-order valence-corrected chi connectivity index (χ2v) is 4.12. The summed E-state index contributed by atoms with van der Waals surface area (Å²) in [7, 11) is 0. The summed E-state index contributed by atoms with van der Waals surface area (Å²) in [5.74, 6) is 0.582. The van der Waals surface area contributed by atoms with Gasteiger partial charge in [-0.3, -0.25) is 0 Å². The zero-order valence-electron chi connectivity index (χ0n) is 8.68. The quantitative estimate of drug-likeness (QED) is 0.606. The second-order valence-electron chi connectivity index (χ2n) is 3.50. The van der Waals surface area contributed by atoms with Crippen molar-refractivity contribution in [2.45, 2.75) is 33.6 Å². The van der Waals surface area contributed by atoms with Gasteiger partial charge in [-0.1, -0.05) is 46.7 Å². The summed E-state index contributed by atoms with van der Waals surface area (Å²) in [5.41, 5.74) is 2.49. The maximum atomic E-state index is 8.89. The van der Waals surface area contributed by atoms with Gasteiger partial charge in [0.1, 0.15) is 0 Å². The van der Waals surface area contributed by atoms with Crippen molar-refractivity contribution in [2.24, 2.45) is 5.92 Å². The van der Waals surface area contributed by atoms with E-state index in [2.05, 4.69) is 46.6 Å². The van der Waals surface area contributed by atoms with Gasteiger partial charge in [-0.25, -0.2) is 0 Å². The Morgan fingerprint density at radius 3 is 2.38 bits per heavy atom. The molecular weight excluding hydrogens is 275 g/mol. The summed E-state index contributed by atoms with van der Waals surface area (Å²) in [6.45, 7) is 6.50. The summed E-state index contributed by atoms with van der Waals surface area (Å²) in [6.07, 6.45) is 4.43. The van der Waals surface area contributed by atoms with Crippen LogP contribution in [0.5, 0.6) is 0 Å². The molecule has 0 aromatic heterocycles. The molecule has 0 saturated heterocycles. The minimum absolute atomic E-state index is 0.184. The van der Waals surface area contributed by atoms with Gasteiger partial charge in [0.15, 0.2) is 0 Å². The average Bonchev–Trinajstić information content (AvgIpc) is 2.16. The first kappa shape index (κ1) is 13.2. The summed E-state index contributed by atoms with van der Waals surface area (Å²) in [5, 5.41) is 8.89. The Labute approximate surface area is 95.1 Å². The van der Waals surface area contributed by atoms with Crippen molar-refractivity contribution >= 4 is 22.6 Å². The monoisotopic (exact) mass is 294 g/mol. The van der Waals surface area contributed by atoms with Crippen LogP contribution in [0.1, 0.15) is 33.6 Å². The van der Waals surface area contributed by atoms with E-state index in [1.165, 1.54) is 5.57 Å². The van der Waals surface area contributed by atoms with E-state index in [0.29, 0.717) is 5.92 Å². The van der Waals surface area contributed by atoms with Gasteiger partial charge in [-0.15, -0.1) is 0 Å². The highest BCUT2D eigenvalue weighted by molar-refractivity contribution is 14.1. The third-order valence-corrected chi connectivity index (χ3v) is 3.13. The van der Waals surface area contributed by atoms with Gasteiger partial charge in [-0.05, 0) is 36.7 Å². The summed E-state index contributed by atoms with van der Waals surface area (Å²) >= 11 is 2.27. The summed E-state index contributed by atoms with van der Waals surface area (Å²) in [4.78, 5) is 0. The maximum Gasteiger partial charge on any atom is 0.0639 e. The average molecular weight is 294 g/mol. The Bertz CT molecular complexity index is 194. The molecule has 0 rings (SSSR count). The fraction of sp³-hybridized carbons (Fsp3) is 0.636. The molecule has 0 aromatic carbocycles. The lowest BCUT2D eigenvalue weighted by Crippen LogP contribution is -1.98. The molecule has 0 aliphatic rings. The predicted octanol–water partition coefficient (Wildman–Crippen LogP) is 3.68. The highest BCUT2D eigenvalue weighted by Gasteiger charge is 2.03. The van der Waals surface area contributed by atoms with Gasteiger partial charge < -0.3 is 5.11 Å². The molecule has 0 spiro atoms. The van der Waals surface area contributed by atoms with E-state index in [4.69, 9.17) is 5.11 Å². The lowest BCUT2D eigenvalue weighted by atomic mass is 9.96. The number of rotatable bonds is 5. The molecule has 0 radical (unpaired) electrons. The van der Waals surface area contributed by atoms with Crippen molar-refractivity contribution in [1.29, 1.82) is 0 Å². The zero-order chi connectivity index (χ0) is 10.3. The van der Waals surface area contributed by atoms with Gasteiger partial charge >= 0.3 is 0 Å². The minimum Gasteiger partial charge on any atom is -0.392 e. The number of halogens is 1. The van der Waals surface area contributed by atoms with Crippen molar-refractivity contribution in [3.05, 3.63) is 21.3 Å². The van der Waals surface area contributed by atoms with E-state index in [1.54, 1.807) is 0 Å². The fourth-order valence-electron chi connectivity index (χ4n) is 1.23. The molecule has 13 heavy (non-hydrogen) atoms. The molecule has 0 aromatic rings. The van der Waals surface area contributed by atoms with E-state index >= 15 is 0 Å². The molecule has 0 aliphatic heterocycles. The number of aliphatic hydroxyl groups is 1. The van der Waals surface area contributed by atoms with Crippen LogP contribution in [0, 0.1) is 5.92 Å². The molecular formula is C11H19IO. The Morgan fingerprint density at radius 2 is 2.00 bits per heavy atom. The number of aliphatic hydroxyl groups excluding tert-OH is 1. The first-order valence-corrected chi connectivity index (χ1v) is 5.92. The van der Waals surface area contributed by atoms with E-state index < -0.39 is 0 Å². The standard InChI is InChI=1S/C11H19IO/c1-4-11(5-9(2)7-12)6-10(3)8-13/h6-7,11,13H,4-5,8H2,1-3H3/b9-7+,10-6-/t11-/m1/s1. The Balaban J connectivity index is 4.19. The molecule has 0 bridgehead atoms. The van der Waals surface area contributed by atoms with Crippen molar-refractivity contribution in [2.75, 3.05) is 6.61 Å². The molecule has 0 saturated carbocycles. The molecule has 0 unspecified atom stereocenters. The zero-order valence-corrected chi connectivity index (χ0v) is 10.8. The van der Waals surface area contributed by atoms with Crippen molar-refractivity contribution in [1.82, 2.24) is 0 Å². The second kappa shape index (κ2) is 7.56. The molecule has 76 valence electrons. The fourth-order valence-corrected chi connectivity index (χ4v) is 1.49. The molecule has 0 aliphatic carbocycles. The van der Waals surface area contributed by atoms with Crippen LogP contribution in [0.3, 0.4) is 0 Å². The van der Waals surface area contributed by atoms with Gasteiger partial charge in [0.25, 0.3) is 0 Å². The first-order valence-electron chi connectivity index (χ1n) is 4.68. The van der Waals surface area contributed by atoms with Crippen LogP contribution < -0.4 is 0 Å². The molecule has 1 nitrogen and oxygen atoms in total. The lowest BCUT2D eigenvalue weighted by Gasteiger charge is -2.11. The Hall–Kier alpha value is 0.170. The van der Waals surface area contributed by atoms with E-state index in [1.807, 2.05) is 6.92 Å². The molecule has 0 amide bonds. The summed E-state index contributed by atoms with van der Waals surface area (Å²) < 4.78 is 2.13. The minimum atomic E-state index is 0.184. The molecule has 1 atom stereocenters. The largest absolute Gasteiger partial charge is 0.392 e. The van der Waals surface area contributed by atoms with Crippen molar-refractivity contribution in [3.63, 3.8) is 0 Å². The molecule has 2 heteroatoms. The first-order chi connectivity index (χ1) is 6.13. The smallest absolute Gasteiger partial charge is 0.0639 e. The van der Waals surface area contributed by atoms with Crippen LogP contribution in [0.2, 0.25) is 0 Å². The van der Waals surface area contributed by atoms with Crippen molar-refractivity contribution in [3.8, 4) is 0 Å². The SMILES string of the molecule is CC[C@@H](/C=C(/C)CO)C/C(C)=C/I. The number of hydrogen-bond donors (Lipinski definition) is 1. The van der Waals surface area contributed by atoms with Crippen LogP contribution in [-0.2, 0) is 0 Å². The molecule has 0 heterocycles. The van der Waals surface area contributed by atoms with Crippen LogP contribution in [-0.4, -0.2) is 11.7 Å². The van der Waals surface area contributed by atoms with E-state index in [-0.39, 0.29) is 6.61 Å². The van der Waals surface area contributed by atoms with Gasteiger partial charge in [0.2, 0.25) is 0 Å². The normalized spacial score (nSPS) is 16.1. The predicted molar refractivity (Wildman–Crippen MR) is 67.0 cm³/mol. The Morgan fingerprint density at radius 1 is 1.38 bits per heavy atom. The number of allylic oxidation sites excluding steroid dienone is 2. The van der Waals surface area contributed by atoms with E-state index in [0.717, 1.165) is 18.4 Å². The van der Waals surface area contributed by atoms with Crippen LogP contribution in [0.25, 0.3) is 0 Å². The highest BCUT2D eigenvalue weighted by Crippen LogP contribution is 2.18. The van der Waals surface area contributed by atoms with Crippen LogP contribution >= 0.6 is 22.6 Å². The molecule has 0 fully saturated rings. The van der Waals surface area contributed by atoms with Gasteiger partial charge in [-0.2, -0.15) is 0 Å². The number of hydrogen-bond acceptors (Lipinski definition) is 1.